The lowest BCUT2D eigenvalue weighted by Crippen LogP contribution is -2.33. The van der Waals surface area contributed by atoms with Crippen LogP contribution in [0.4, 0.5) is 0 Å². The molecule has 0 aliphatic heterocycles. The summed E-state index contributed by atoms with van der Waals surface area (Å²) in [4.78, 5) is 22.3. The summed E-state index contributed by atoms with van der Waals surface area (Å²) in [6.45, 7) is 2.91. The van der Waals surface area contributed by atoms with Gasteiger partial charge >= 0.3 is 5.97 Å². The first-order valence-corrected chi connectivity index (χ1v) is 7.63. The summed E-state index contributed by atoms with van der Waals surface area (Å²) >= 11 is 0. The number of hydrogen-bond donors (Lipinski definition) is 2. The van der Waals surface area contributed by atoms with Crippen LogP contribution in [0.2, 0.25) is 0 Å². The van der Waals surface area contributed by atoms with Gasteiger partial charge in [0, 0.05) is 18.9 Å². The molecule has 0 spiro atoms. The number of hydrogen-bond acceptors (Lipinski definition) is 2. The molecule has 0 unspecified atom stereocenters. The van der Waals surface area contributed by atoms with E-state index in [1.165, 1.54) is 19.3 Å². The van der Waals surface area contributed by atoms with Gasteiger partial charge in [-0.05, 0) is 44.4 Å². The number of rotatable bonds is 8. The predicted octanol–water partition coefficient (Wildman–Crippen LogP) is 2.96. The molecule has 0 saturated heterocycles. The lowest BCUT2D eigenvalue weighted by atomic mass is 9.80. The largest absolute Gasteiger partial charge is 0.481 e. The number of nitrogens with one attached hydrogen (secondary N) is 1. The number of carboxylic acid groups (broad SMARTS) is 1. The average Bonchev–Trinajstić information content (AvgIpc) is 2.42. The van der Waals surface area contributed by atoms with Gasteiger partial charge in [-0.2, -0.15) is 0 Å². The highest BCUT2D eigenvalue weighted by Crippen LogP contribution is 2.30. The molecular formula is C15H27NO3. The Labute approximate surface area is 116 Å². The van der Waals surface area contributed by atoms with E-state index in [2.05, 4.69) is 12.2 Å². The summed E-state index contributed by atoms with van der Waals surface area (Å²) in [6, 6.07) is 0. The number of carbonyl (C=O) groups excluding carboxylic acids is 1. The van der Waals surface area contributed by atoms with Crippen molar-refractivity contribution in [3.63, 3.8) is 0 Å². The smallest absolute Gasteiger partial charge is 0.303 e. The van der Waals surface area contributed by atoms with Gasteiger partial charge < -0.3 is 10.4 Å². The van der Waals surface area contributed by atoms with Gasteiger partial charge in [-0.1, -0.05) is 19.8 Å². The fourth-order valence-corrected chi connectivity index (χ4v) is 2.77. The van der Waals surface area contributed by atoms with E-state index >= 15 is 0 Å². The molecule has 1 fully saturated rings. The average molecular weight is 269 g/mol. The maximum Gasteiger partial charge on any atom is 0.303 e. The Kier molecular flexibility index (Phi) is 7.53. The maximum absolute atomic E-state index is 11.9. The Morgan fingerprint density at radius 3 is 2.37 bits per heavy atom. The Morgan fingerprint density at radius 2 is 1.79 bits per heavy atom. The van der Waals surface area contributed by atoms with Crippen molar-refractivity contribution in [3.8, 4) is 0 Å². The van der Waals surface area contributed by atoms with E-state index in [1.54, 1.807) is 0 Å². The zero-order valence-corrected chi connectivity index (χ0v) is 12.0. The highest BCUT2D eigenvalue weighted by Gasteiger charge is 2.24. The van der Waals surface area contributed by atoms with Gasteiger partial charge in [0.05, 0.1) is 0 Å². The molecule has 1 amide bonds. The first-order valence-electron chi connectivity index (χ1n) is 7.63. The van der Waals surface area contributed by atoms with Gasteiger partial charge in [0.1, 0.15) is 0 Å². The number of aliphatic carboxylic acids is 1. The van der Waals surface area contributed by atoms with Crippen LogP contribution in [0.25, 0.3) is 0 Å². The standard InChI is InChI=1S/C15H27NO3/c1-2-12-7-9-13(10-8-12)15(19)16-11-5-3-4-6-14(17)18/h12-13H,2-11H2,1H3,(H,16,19)(H,17,18). The minimum atomic E-state index is -0.739. The lowest BCUT2D eigenvalue weighted by molar-refractivity contribution is -0.137. The van der Waals surface area contributed by atoms with E-state index in [9.17, 15) is 9.59 Å². The molecule has 110 valence electrons. The maximum atomic E-state index is 11.9. The molecule has 4 nitrogen and oxygen atoms in total. The van der Waals surface area contributed by atoms with Gasteiger partial charge in [-0.15, -0.1) is 0 Å². The van der Waals surface area contributed by atoms with Crippen LogP contribution >= 0.6 is 0 Å². The van der Waals surface area contributed by atoms with Crippen molar-refractivity contribution in [3.05, 3.63) is 0 Å². The molecule has 1 aliphatic carbocycles. The first kappa shape index (κ1) is 16.0. The highest BCUT2D eigenvalue weighted by molar-refractivity contribution is 5.78. The van der Waals surface area contributed by atoms with Crippen molar-refractivity contribution in [1.82, 2.24) is 5.32 Å². The second-order valence-electron chi connectivity index (χ2n) is 5.62. The second-order valence-corrected chi connectivity index (χ2v) is 5.62. The van der Waals surface area contributed by atoms with E-state index in [-0.39, 0.29) is 18.2 Å². The molecule has 1 saturated carbocycles. The van der Waals surface area contributed by atoms with Gasteiger partial charge in [-0.3, -0.25) is 9.59 Å². The quantitative estimate of drug-likeness (QED) is 0.666. The molecule has 4 heteroatoms. The summed E-state index contributed by atoms with van der Waals surface area (Å²) in [6.07, 6.45) is 8.35. The van der Waals surface area contributed by atoms with Crippen molar-refractivity contribution < 1.29 is 14.7 Å². The number of unbranched alkanes of at least 4 members (excludes halogenated alkanes) is 2. The van der Waals surface area contributed by atoms with Crippen LogP contribution in [0.5, 0.6) is 0 Å². The van der Waals surface area contributed by atoms with Crippen LogP contribution in [0, 0.1) is 11.8 Å². The van der Waals surface area contributed by atoms with E-state index < -0.39 is 5.97 Å². The molecule has 1 rings (SSSR count). The fraction of sp³-hybridized carbons (Fsp3) is 0.867. The third kappa shape index (κ3) is 6.60. The third-order valence-electron chi connectivity index (χ3n) is 4.16. The summed E-state index contributed by atoms with van der Waals surface area (Å²) < 4.78 is 0. The van der Waals surface area contributed by atoms with E-state index in [0.717, 1.165) is 31.6 Å². The topological polar surface area (TPSA) is 66.4 Å². The van der Waals surface area contributed by atoms with E-state index in [4.69, 9.17) is 5.11 Å². The van der Waals surface area contributed by atoms with Crippen LogP contribution in [-0.2, 0) is 9.59 Å². The monoisotopic (exact) mass is 269 g/mol. The fourth-order valence-electron chi connectivity index (χ4n) is 2.77. The van der Waals surface area contributed by atoms with Crippen LogP contribution in [0.15, 0.2) is 0 Å². The lowest BCUT2D eigenvalue weighted by Gasteiger charge is -2.26. The molecule has 0 atom stereocenters. The normalized spacial score (nSPS) is 23.0. The Bertz CT molecular complexity index is 283. The van der Waals surface area contributed by atoms with Crippen LogP contribution in [0.3, 0.4) is 0 Å². The summed E-state index contributed by atoms with van der Waals surface area (Å²) in [5.41, 5.74) is 0. The molecular weight excluding hydrogens is 242 g/mol. The molecule has 0 heterocycles. The molecule has 0 aromatic heterocycles. The molecule has 1 aliphatic rings. The molecule has 2 N–H and O–H groups in total. The number of amides is 1. The summed E-state index contributed by atoms with van der Waals surface area (Å²) in [7, 11) is 0. The minimum absolute atomic E-state index is 0.202. The Hall–Kier alpha value is -1.06. The molecule has 0 radical (unpaired) electrons. The van der Waals surface area contributed by atoms with Crippen LogP contribution < -0.4 is 5.32 Å². The molecule has 0 bridgehead atoms. The zero-order valence-electron chi connectivity index (χ0n) is 12.0. The molecule has 19 heavy (non-hydrogen) atoms. The predicted molar refractivity (Wildman–Crippen MR) is 74.9 cm³/mol. The van der Waals surface area contributed by atoms with E-state index in [0.29, 0.717) is 13.0 Å². The SMILES string of the molecule is CCC1CCC(C(=O)NCCCCCC(=O)O)CC1. The van der Waals surface area contributed by atoms with Crippen molar-refractivity contribution in [2.75, 3.05) is 6.54 Å². The third-order valence-corrected chi connectivity index (χ3v) is 4.16. The number of carboxylic acids is 1. The van der Waals surface area contributed by atoms with Gasteiger partial charge in [0.15, 0.2) is 0 Å². The van der Waals surface area contributed by atoms with Crippen molar-refractivity contribution >= 4 is 11.9 Å². The van der Waals surface area contributed by atoms with Gasteiger partial charge in [-0.25, -0.2) is 0 Å². The highest BCUT2D eigenvalue weighted by atomic mass is 16.4. The minimum Gasteiger partial charge on any atom is -0.481 e. The van der Waals surface area contributed by atoms with Crippen molar-refractivity contribution in [2.24, 2.45) is 11.8 Å². The molecule has 0 aromatic rings. The van der Waals surface area contributed by atoms with Crippen molar-refractivity contribution in [2.45, 2.75) is 64.7 Å². The van der Waals surface area contributed by atoms with Gasteiger partial charge in [0.25, 0.3) is 0 Å². The van der Waals surface area contributed by atoms with Crippen LogP contribution in [-0.4, -0.2) is 23.5 Å². The van der Waals surface area contributed by atoms with E-state index in [1.807, 2.05) is 0 Å². The summed E-state index contributed by atoms with van der Waals surface area (Å²) in [5, 5.41) is 11.5. The zero-order chi connectivity index (χ0) is 14.1. The molecule has 0 aromatic carbocycles. The summed E-state index contributed by atoms with van der Waals surface area (Å²) in [5.74, 6) is 0.492. The Balaban J connectivity index is 2.03. The second kappa shape index (κ2) is 8.94. The van der Waals surface area contributed by atoms with Crippen LogP contribution in [0.1, 0.15) is 64.7 Å². The number of carbonyl (C=O) groups is 2. The Morgan fingerprint density at radius 1 is 1.11 bits per heavy atom. The first-order chi connectivity index (χ1) is 9.13. The van der Waals surface area contributed by atoms with Crippen molar-refractivity contribution in [1.29, 1.82) is 0 Å². The van der Waals surface area contributed by atoms with Gasteiger partial charge in [0.2, 0.25) is 5.91 Å².